The third-order valence-electron chi connectivity index (χ3n) is 4.69. The van der Waals surface area contributed by atoms with Crippen molar-refractivity contribution in [2.24, 2.45) is 11.3 Å². The van der Waals surface area contributed by atoms with Crippen molar-refractivity contribution < 1.29 is 9.90 Å². The van der Waals surface area contributed by atoms with Gasteiger partial charge in [0, 0.05) is 12.0 Å². The van der Waals surface area contributed by atoms with E-state index in [-0.39, 0.29) is 17.9 Å². The second-order valence-corrected chi connectivity index (χ2v) is 6.31. The van der Waals surface area contributed by atoms with Crippen LogP contribution in [0.4, 0.5) is 0 Å². The number of aliphatic hydroxyl groups excluding tert-OH is 1. The number of benzene rings is 1. The van der Waals surface area contributed by atoms with Crippen LogP contribution in [0.5, 0.6) is 0 Å². The summed E-state index contributed by atoms with van der Waals surface area (Å²) in [5.74, 6) is 0.618. The van der Waals surface area contributed by atoms with Crippen molar-refractivity contribution >= 4 is 5.91 Å². The highest BCUT2D eigenvalue weighted by atomic mass is 16.3. The van der Waals surface area contributed by atoms with E-state index >= 15 is 0 Å². The van der Waals surface area contributed by atoms with Gasteiger partial charge in [0.2, 0.25) is 5.91 Å². The van der Waals surface area contributed by atoms with Crippen LogP contribution in [0.15, 0.2) is 24.3 Å². The van der Waals surface area contributed by atoms with Crippen LogP contribution in [-0.4, -0.2) is 11.0 Å². The summed E-state index contributed by atoms with van der Waals surface area (Å²) in [7, 11) is 0. The van der Waals surface area contributed by atoms with Gasteiger partial charge in [0.15, 0.2) is 0 Å². The molecule has 2 N–H and O–H groups in total. The van der Waals surface area contributed by atoms with E-state index in [1.165, 1.54) is 12.8 Å². The highest BCUT2D eigenvalue weighted by molar-refractivity contribution is 5.82. The zero-order valence-corrected chi connectivity index (χ0v) is 12.5. The van der Waals surface area contributed by atoms with E-state index in [4.69, 9.17) is 0 Å². The molecule has 1 aliphatic carbocycles. The molecule has 0 aromatic heterocycles. The van der Waals surface area contributed by atoms with Gasteiger partial charge in [-0.25, -0.2) is 0 Å². The Morgan fingerprint density at radius 3 is 2.45 bits per heavy atom. The predicted molar refractivity (Wildman–Crippen MR) is 80.0 cm³/mol. The van der Waals surface area contributed by atoms with Gasteiger partial charge in [0.1, 0.15) is 0 Å². The zero-order chi connectivity index (χ0) is 14.6. The van der Waals surface area contributed by atoms with Gasteiger partial charge in [-0.1, -0.05) is 51.0 Å². The Balaban J connectivity index is 1.97. The van der Waals surface area contributed by atoms with Gasteiger partial charge < -0.3 is 10.4 Å². The lowest BCUT2D eigenvalue weighted by molar-refractivity contribution is -0.132. The van der Waals surface area contributed by atoms with Gasteiger partial charge in [0.05, 0.1) is 6.61 Å². The van der Waals surface area contributed by atoms with Crippen LogP contribution < -0.4 is 5.32 Å². The molecule has 0 spiro atoms. The maximum atomic E-state index is 12.5. The SMILES string of the molecule is CC(C)(C(=O)NCc1ccccc1CO)C1CCCC1. The van der Waals surface area contributed by atoms with Crippen molar-refractivity contribution in [3.63, 3.8) is 0 Å². The average molecular weight is 275 g/mol. The van der Waals surface area contributed by atoms with Crippen LogP contribution in [0, 0.1) is 11.3 Å². The summed E-state index contributed by atoms with van der Waals surface area (Å²) >= 11 is 0. The minimum absolute atomic E-state index is 0.0120. The monoisotopic (exact) mass is 275 g/mol. The number of amides is 1. The van der Waals surface area contributed by atoms with E-state index in [0.717, 1.165) is 24.0 Å². The molecule has 3 heteroatoms. The molecule has 1 amide bonds. The normalized spacial score (nSPS) is 16.4. The van der Waals surface area contributed by atoms with Crippen LogP contribution in [0.25, 0.3) is 0 Å². The molecule has 20 heavy (non-hydrogen) atoms. The Hall–Kier alpha value is -1.35. The molecule has 3 nitrogen and oxygen atoms in total. The molecule has 1 aromatic rings. The Morgan fingerprint density at radius 2 is 1.85 bits per heavy atom. The average Bonchev–Trinajstić information content (AvgIpc) is 2.99. The smallest absolute Gasteiger partial charge is 0.226 e. The number of hydrogen-bond donors (Lipinski definition) is 2. The van der Waals surface area contributed by atoms with Gasteiger partial charge >= 0.3 is 0 Å². The summed E-state index contributed by atoms with van der Waals surface area (Å²) in [5, 5.41) is 12.3. The molecule has 0 atom stereocenters. The molecule has 0 radical (unpaired) electrons. The lowest BCUT2D eigenvalue weighted by Crippen LogP contribution is -2.41. The molecule has 0 heterocycles. The van der Waals surface area contributed by atoms with Gasteiger partial charge in [-0.2, -0.15) is 0 Å². The fraction of sp³-hybridized carbons (Fsp3) is 0.588. The van der Waals surface area contributed by atoms with E-state index in [9.17, 15) is 9.90 Å². The number of hydrogen-bond acceptors (Lipinski definition) is 2. The quantitative estimate of drug-likeness (QED) is 0.868. The largest absolute Gasteiger partial charge is 0.392 e. The fourth-order valence-corrected chi connectivity index (χ4v) is 3.12. The van der Waals surface area contributed by atoms with Gasteiger partial charge in [0.25, 0.3) is 0 Å². The first-order valence-electron chi connectivity index (χ1n) is 7.51. The highest BCUT2D eigenvalue weighted by Gasteiger charge is 2.37. The minimum Gasteiger partial charge on any atom is -0.392 e. The summed E-state index contributed by atoms with van der Waals surface area (Å²) in [4.78, 5) is 12.5. The first kappa shape index (κ1) is 15.0. The third-order valence-corrected chi connectivity index (χ3v) is 4.69. The van der Waals surface area contributed by atoms with E-state index in [1.54, 1.807) is 0 Å². The second-order valence-electron chi connectivity index (χ2n) is 6.31. The number of carbonyl (C=O) groups excluding carboxylic acids is 1. The zero-order valence-electron chi connectivity index (χ0n) is 12.5. The maximum Gasteiger partial charge on any atom is 0.226 e. The Morgan fingerprint density at radius 1 is 1.25 bits per heavy atom. The Bertz CT molecular complexity index is 462. The molecule has 0 unspecified atom stereocenters. The molecule has 0 bridgehead atoms. The molecule has 2 rings (SSSR count). The summed E-state index contributed by atoms with van der Waals surface area (Å²) in [5.41, 5.74) is 1.57. The number of nitrogens with one attached hydrogen (secondary N) is 1. The number of carbonyl (C=O) groups is 1. The Kier molecular flexibility index (Phi) is 4.81. The highest BCUT2D eigenvalue weighted by Crippen LogP contribution is 2.39. The van der Waals surface area contributed by atoms with Crippen molar-refractivity contribution in [2.45, 2.75) is 52.7 Å². The molecule has 1 aliphatic rings. The molecule has 1 saturated carbocycles. The van der Waals surface area contributed by atoms with Crippen molar-refractivity contribution in [1.29, 1.82) is 0 Å². The van der Waals surface area contributed by atoms with Crippen LogP contribution >= 0.6 is 0 Å². The van der Waals surface area contributed by atoms with Crippen LogP contribution in [-0.2, 0) is 17.9 Å². The maximum absolute atomic E-state index is 12.5. The van der Waals surface area contributed by atoms with Crippen LogP contribution in [0.2, 0.25) is 0 Å². The Labute approximate surface area is 121 Å². The molecule has 0 saturated heterocycles. The first-order chi connectivity index (χ1) is 9.55. The molecule has 0 aliphatic heterocycles. The van der Waals surface area contributed by atoms with Crippen molar-refractivity contribution in [3.05, 3.63) is 35.4 Å². The van der Waals surface area contributed by atoms with E-state index in [2.05, 4.69) is 19.2 Å². The first-order valence-corrected chi connectivity index (χ1v) is 7.51. The predicted octanol–water partition coefficient (Wildman–Crippen LogP) is 3.01. The number of aliphatic hydroxyl groups is 1. The molecule has 1 aromatic carbocycles. The third kappa shape index (κ3) is 3.21. The van der Waals surface area contributed by atoms with Crippen molar-refractivity contribution in [3.8, 4) is 0 Å². The van der Waals surface area contributed by atoms with Crippen molar-refractivity contribution in [1.82, 2.24) is 5.32 Å². The summed E-state index contributed by atoms with van der Waals surface area (Å²) in [6.45, 7) is 4.61. The van der Waals surface area contributed by atoms with Crippen LogP contribution in [0.1, 0.15) is 50.7 Å². The van der Waals surface area contributed by atoms with Crippen molar-refractivity contribution in [2.75, 3.05) is 0 Å². The van der Waals surface area contributed by atoms with Gasteiger partial charge in [-0.15, -0.1) is 0 Å². The summed E-state index contributed by atoms with van der Waals surface area (Å²) in [6.07, 6.45) is 4.81. The topological polar surface area (TPSA) is 49.3 Å². The van der Waals surface area contributed by atoms with Gasteiger partial charge in [-0.05, 0) is 29.9 Å². The fourth-order valence-electron chi connectivity index (χ4n) is 3.12. The lowest BCUT2D eigenvalue weighted by atomic mass is 9.77. The summed E-state index contributed by atoms with van der Waals surface area (Å²) < 4.78 is 0. The number of rotatable bonds is 5. The van der Waals surface area contributed by atoms with E-state index in [0.29, 0.717) is 12.5 Å². The molecular formula is C17H25NO2. The van der Waals surface area contributed by atoms with E-state index in [1.807, 2.05) is 24.3 Å². The molecule has 110 valence electrons. The minimum atomic E-state index is -0.301. The second kappa shape index (κ2) is 6.40. The lowest BCUT2D eigenvalue weighted by Gasteiger charge is -2.30. The standard InChI is InChI=1S/C17H25NO2/c1-17(2,15-9-5-6-10-15)16(20)18-11-13-7-3-4-8-14(13)12-19/h3-4,7-8,15,19H,5-6,9-12H2,1-2H3,(H,18,20). The van der Waals surface area contributed by atoms with E-state index < -0.39 is 0 Å². The molecule has 1 fully saturated rings. The molecular weight excluding hydrogens is 250 g/mol. The summed E-state index contributed by atoms with van der Waals surface area (Å²) in [6, 6.07) is 7.68. The van der Waals surface area contributed by atoms with Crippen LogP contribution in [0.3, 0.4) is 0 Å². The van der Waals surface area contributed by atoms with Gasteiger partial charge in [-0.3, -0.25) is 4.79 Å².